The summed E-state index contributed by atoms with van der Waals surface area (Å²) in [6, 6.07) is 12.0. The van der Waals surface area contributed by atoms with Crippen LogP contribution >= 0.6 is 0 Å². The lowest BCUT2D eigenvalue weighted by Crippen LogP contribution is -2.13. The largest absolute Gasteiger partial charge is 0.457 e. The van der Waals surface area contributed by atoms with Gasteiger partial charge >= 0.3 is 0 Å². The van der Waals surface area contributed by atoms with Crippen LogP contribution in [0.4, 0.5) is 4.39 Å². The Labute approximate surface area is 142 Å². The minimum Gasteiger partial charge on any atom is -0.457 e. The predicted molar refractivity (Wildman–Crippen MR) is 88.4 cm³/mol. The van der Waals surface area contributed by atoms with Gasteiger partial charge in [-0.05, 0) is 48.5 Å². The van der Waals surface area contributed by atoms with E-state index in [9.17, 15) is 14.3 Å². The minimum atomic E-state index is -0.651. The molecule has 1 heterocycles. The smallest absolute Gasteiger partial charge is 0.267 e. The van der Waals surface area contributed by atoms with Gasteiger partial charge in [-0.25, -0.2) is 14.4 Å². The summed E-state index contributed by atoms with van der Waals surface area (Å²) in [6.45, 7) is -0.278. The number of nitrogens with two attached hydrogens (primary N) is 1. The molecular weight excluding hydrogens is 325 g/mol. The monoisotopic (exact) mass is 339 g/mol. The van der Waals surface area contributed by atoms with Gasteiger partial charge in [0, 0.05) is 17.3 Å². The van der Waals surface area contributed by atoms with Gasteiger partial charge in [0.1, 0.15) is 23.0 Å². The first-order valence-electron chi connectivity index (χ1n) is 7.37. The van der Waals surface area contributed by atoms with E-state index >= 15 is 0 Å². The average molecular weight is 339 g/mol. The number of halogens is 1. The molecule has 6 nitrogen and oxygen atoms in total. The highest BCUT2D eigenvalue weighted by atomic mass is 19.1. The number of rotatable bonds is 5. The molecule has 0 saturated carbocycles. The molecule has 0 unspecified atom stereocenters. The normalized spacial score (nSPS) is 10.5. The average Bonchev–Trinajstić information content (AvgIpc) is 2.64. The molecule has 1 aromatic heterocycles. The number of aromatic nitrogens is 2. The predicted octanol–water partition coefficient (Wildman–Crippen LogP) is 2.67. The SMILES string of the molecule is NC(=O)c1ccnc(-c2ccc(Oc3ccc(F)cc3)c(CO)c2)n1. The summed E-state index contributed by atoms with van der Waals surface area (Å²) >= 11 is 0. The summed E-state index contributed by atoms with van der Waals surface area (Å²) in [5.41, 5.74) is 6.41. The maximum Gasteiger partial charge on any atom is 0.267 e. The number of amides is 1. The Morgan fingerprint density at radius 3 is 2.60 bits per heavy atom. The molecule has 0 aliphatic rings. The zero-order valence-corrected chi connectivity index (χ0v) is 13.0. The fraction of sp³-hybridized carbons (Fsp3) is 0.0556. The molecular formula is C18H14FN3O3. The van der Waals surface area contributed by atoms with Crippen molar-refractivity contribution in [1.82, 2.24) is 9.97 Å². The lowest BCUT2D eigenvalue weighted by Gasteiger charge is -2.11. The molecule has 0 bridgehead atoms. The van der Waals surface area contributed by atoms with E-state index in [2.05, 4.69) is 9.97 Å². The second-order valence-electron chi connectivity index (χ2n) is 5.17. The molecule has 3 aromatic rings. The summed E-state index contributed by atoms with van der Waals surface area (Å²) in [5.74, 6) is 0.151. The number of hydrogen-bond acceptors (Lipinski definition) is 5. The standard InChI is InChI=1S/C18H14FN3O3/c19-13-2-4-14(5-3-13)25-16-6-1-11(9-12(16)10-23)18-21-8-7-15(22-18)17(20)24/h1-9,23H,10H2,(H2,20,24). The van der Waals surface area contributed by atoms with Crippen LogP contribution in [0.3, 0.4) is 0 Å². The van der Waals surface area contributed by atoms with Gasteiger partial charge in [0.05, 0.1) is 6.61 Å². The van der Waals surface area contributed by atoms with Gasteiger partial charge in [-0.1, -0.05) is 0 Å². The summed E-state index contributed by atoms with van der Waals surface area (Å²) in [5, 5.41) is 9.60. The number of ether oxygens (including phenoxy) is 1. The number of aliphatic hydroxyl groups is 1. The Bertz CT molecular complexity index is 914. The number of hydrogen-bond donors (Lipinski definition) is 2. The fourth-order valence-corrected chi connectivity index (χ4v) is 2.21. The molecule has 0 aliphatic carbocycles. The molecule has 3 N–H and O–H groups in total. The first kappa shape index (κ1) is 16.5. The van der Waals surface area contributed by atoms with Crippen LogP contribution in [0.1, 0.15) is 16.1 Å². The number of nitrogens with zero attached hydrogens (tertiary/aromatic N) is 2. The lowest BCUT2D eigenvalue weighted by atomic mass is 10.1. The van der Waals surface area contributed by atoms with Crippen LogP contribution in [0.15, 0.2) is 54.7 Å². The molecule has 7 heteroatoms. The van der Waals surface area contributed by atoms with E-state index in [0.717, 1.165) is 0 Å². The minimum absolute atomic E-state index is 0.0992. The van der Waals surface area contributed by atoms with E-state index < -0.39 is 5.91 Å². The molecule has 0 spiro atoms. The summed E-state index contributed by atoms with van der Waals surface area (Å²) < 4.78 is 18.6. The van der Waals surface area contributed by atoms with Crippen molar-refractivity contribution in [2.24, 2.45) is 5.73 Å². The molecule has 0 fully saturated rings. The summed E-state index contributed by atoms with van der Waals surface area (Å²) in [7, 11) is 0. The van der Waals surface area contributed by atoms with Gasteiger partial charge in [-0.3, -0.25) is 4.79 Å². The lowest BCUT2D eigenvalue weighted by molar-refractivity contribution is 0.0995. The molecule has 25 heavy (non-hydrogen) atoms. The van der Waals surface area contributed by atoms with Crippen LogP contribution in [-0.4, -0.2) is 21.0 Å². The van der Waals surface area contributed by atoms with Gasteiger partial charge in [-0.2, -0.15) is 0 Å². The van der Waals surface area contributed by atoms with Crippen molar-refractivity contribution in [2.75, 3.05) is 0 Å². The highest BCUT2D eigenvalue weighted by Crippen LogP contribution is 2.29. The number of benzene rings is 2. The maximum absolute atomic E-state index is 13.0. The fourth-order valence-electron chi connectivity index (χ4n) is 2.21. The van der Waals surface area contributed by atoms with Gasteiger partial charge in [0.25, 0.3) is 5.91 Å². The highest BCUT2D eigenvalue weighted by Gasteiger charge is 2.11. The van der Waals surface area contributed by atoms with E-state index in [1.807, 2.05) is 0 Å². The van der Waals surface area contributed by atoms with Crippen molar-refractivity contribution in [3.05, 3.63) is 71.8 Å². The van der Waals surface area contributed by atoms with Gasteiger partial charge in [0.2, 0.25) is 0 Å². The van der Waals surface area contributed by atoms with Crippen molar-refractivity contribution in [3.63, 3.8) is 0 Å². The molecule has 0 aliphatic heterocycles. The van der Waals surface area contributed by atoms with E-state index in [1.165, 1.54) is 36.5 Å². The topological polar surface area (TPSA) is 98.3 Å². The van der Waals surface area contributed by atoms with E-state index in [1.54, 1.807) is 18.2 Å². The molecule has 1 amide bonds. The zero-order chi connectivity index (χ0) is 17.8. The molecule has 3 rings (SSSR count). The molecule has 0 atom stereocenters. The third kappa shape index (κ3) is 3.78. The van der Waals surface area contributed by atoms with E-state index in [-0.39, 0.29) is 18.1 Å². The van der Waals surface area contributed by atoms with Crippen molar-refractivity contribution < 1.29 is 19.0 Å². The quantitative estimate of drug-likeness (QED) is 0.745. The van der Waals surface area contributed by atoms with E-state index in [0.29, 0.717) is 28.5 Å². The Balaban J connectivity index is 1.92. The molecule has 126 valence electrons. The Morgan fingerprint density at radius 1 is 1.16 bits per heavy atom. The van der Waals surface area contributed by atoms with Crippen LogP contribution in [0.5, 0.6) is 11.5 Å². The van der Waals surface area contributed by atoms with Crippen molar-refractivity contribution >= 4 is 5.91 Å². The van der Waals surface area contributed by atoms with Crippen molar-refractivity contribution in [3.8, 4) is 22.9 Å². The van der Waals surface area contributed by atoms with Crippen LogP contribution in [0, 0.1) is 5.82 Å². The first-order valence-corrected chi connectivity index (χ1v) is 7.37. The van der Waals surface area contributed by atoms with Crippen LogP contribution in [-0.2, 0) is 6.61 Å². The third-order valence-electron chi connectivity index (χ3n) is 3.44. The first-order chi connectivity index (χ1) is 12.1. The van der Waals surface area contributed by atoms with Gasteiger partial charge < -0.3 is 15.6 Å². The van der Waals surface area contributed by atoms with Crippen LogP contribution in [0.25, 0.3) is 11.4 Å². The van der Waals surface area contributed by atoms with Crippen molar-refractivity contribution in [2.45, 2.75) is 6.61 Å². The van der Waals surface area contributed by atoms with Crippen molar-refractivity contribution in [1.29, 1.82) is 0 Å². The second kappa shape index (κ2) is 7.06. The van der Waals surface area contributed by atoms with Gasteiger partial charge in [0.15, 0.2) is 5.82 Å². The van der Waals surface area contributed by atoms with Gasteiger partial charge in [-0.15, -0.1) is 0 Å². The molecule has 0 saturated heterocycles. The summed E-state index contributed by atoms with van der Waals surface area (Å²) in [6.07, 6.45) is 1.43. The number of carbonyl (C=O) groups is 1. The number of carbonyl (C=O) groups excluding carboxylic acids is 1. The van der Waals surface area contributed by atoms with Crippen LogP contribution in [0.2, 0.25) is 0 Å². The molecule has 0 radical (unpaired) electrons. The second-order valence-corrected chi connectivity index (χ2v) is 5.17. The zero-order valence-electron chi connectivity index (χ0n) is 13.0. The molecule has 2 aromatic carbocycles. The third-order valence-corrected chi connectivity index (χ3v) is 3.44. The maximum atomic E-state index is 13.0. The van der Waals surface area contributed by atoms with Crippen LogP contribution < -0.4 is 10.5 Å². The highest BCUT2D eigenvalue weighted by molar-refractivity contribution is 5.91. The number of primary amides is 1. The summed E-state index contributed by atoms with van der Waals surface area (Å²) in [4.78, 5) is 19.4. The Morgan fingerprint density at radius 2 is 1.92 bits per heavy atom. The Kier molecular flexibility index (Phi) is 4.67. The van der Waals surface area contributed by atoms with E-state index in [4.69, 9.17) is 10.5 Å². The Hall–Kier alpha value is -3.32. The number of aliphatic hydroxyl groups excluding tert-OH is 1.